The van der Waals surface area contributed by atoms with Gasteiger partial charge in [-0.2, -0.15) is 5.10 Å². The molecule has 5 heterocycles. The molecule has 1 saturated carbocycles. The third-order valence-corrected chi connectivity index (χ3v) is 10.8. The maximum absolute atomic E-state index is 13.3. The average Bonchev–Trinajstić information content (AvgIpc) is 3.70. The van der Waals surface area contributed by atoms with Gasteiger partial charge >= 0.3 is 0 Å². The lowest BCUT2D eigenvalue weighted by atomic mass is 10.0. The highest BCUT2D eigenvalue weighted by molar-refractivity contribution is 6.25. The van der Waals surface area contributed by atoms with E-state index in [0.29, 0.717) is 60.4 Å². The molecule has 1 unspecified atom stereocenters. The van der Waals surface area contributed by atoms with E-state index < -0.39 is 41.5 Å². The predicted molar refractivity (Wildman–Crippen MR) is 228 cm³/mol. The Morgan fingerprint density at radius 1 is 0.906 bits per heavy atom. The van der Waals surface area contributed by atoms with Crippen LogP contribution in [0.4, 0.5) is 17.2 Å². The molecule has 8 rings (SSSR count). The molecule has 20 nitrogen and oxygen atoms in total. The first-order valence-corrected chi connectivity index (χ1v) is 20.8. The lowest BCUT2D eigenvalue weighted by molar-refractivity contribution is -0.136. The number of primary amides is 1. The molecule has 2 aliphatic heterocycles. The van der Waals surface area contributed by atoms with E-state index in [1.165, 1.54) is 36.0 Å². The van der Waals surface area contributed by atoms with Crippen molar-refractivity contribution in [1.29, 1.82) is 0 Å². The van der Waals surface area contributed by atoms with Crippen LogP contribution in [0, 0.1) is 5.92 Å². The fourth-order valence-electron chi connectivity index (χ4n) is 7.23. The molecule has 2 fully saturated rings. The van der Waals surface area contributed by atoms with Crippen molar-refractivity contribution in [3.05, 3.63) is 101 Å². The Labute approximate surface area is 365 Å². The van der Waals surface area contributed by atoms with E-state index in [1.807, 2.05) is 0 Å². The zero-order valence-corrected chi connectivity index (χ0v) is 34.5. The number of hydrogen-bond donors (Lipinski definition) is 5. The molecule has 3 aliphatic rings. The first-order valence-electron chi connectivity index (χ1n) is 20.8. The van der Waals surface area contributed by atoms with E-state index in [1.54, 1.807) is 54.7 Å². The SMILES string of the molecule is NC(=O)c1nn(-c2ccc(C(=O)CCCOCCOCCNc3cccc4c3C(=O)N(C3CCC(=O)NC3=O)C4=O)cc2)cc1NC(=O)c1coc(-c2ccnc(NCC3CC3)c2)n1. The molecule has 6 N–H and O–H groups in total. The number of Topliss-reactive ketones (excluding diaryl/α,β-unsaturated/α-hetero) is 1. The molecule has 0 radical (unpaired) electrons. The monoisotopic (exact) mass is 872 g/mol. The highest BCUT2D eigenvalue weighted by Gasteiger charge is 2.45. The summed E-state index contributed by atoms with van der Waals surface area (Å²) in [5, 5.41) is 15.5. The van der Waals surface area contributed by atoms with Crippen LogP contribution in [0.5, 0.6) is 0 Å². The molecular formula is C44H44N10O10. The van der Waals surface area contributed by atoms with Crippen LogP contribution in [0.2, 0.25) is 0 Å². The fourth-order valence-corrected chi connectivity index (χ4v) is 7.23. The number of aromatic nitrogens is 4. The van der Waals surface area contributed by atoms with Gasteiger partial charge in [0, 0.05) is 55.5 Å². The average molecular weight is 873 g/mol. The number of pyridine rings is 1. The lowest BCUT2D eigenvalue weighted by Gasteiger charge is -2.27. The van der Waals surface area contributed by atoms with Gasteiger partial charge in [0.15, 0.2) is 17.2 Å². The maximum atomic E-state index is 13.3. The summed E-state index contributed by atoms with van der Waals surface area (Å²) in [6, 6.07) is 13.9. The second-order valence-electron chi connectivity index (χ2n) is 15.3. The zero-order valence-electron chi connectivity index (χ0n) is 34.5. The van der Waals surface area contributed by atoms with Gasteiger partial charge in [-0.15, -0.1) is 0 Å². The van der Waals surface area contributed by atoms with Crippen LogP contribution in [-0.2, 0) is 19.1 Å². The smallest absolute Gasteiger partial charge is 0.277 e. The second kappa shape index (κ2) is 19.2. The van der Waals surface area contributed by atoms with E-state index in [-0.39, 0.29) is 72.4 Å². The molecular weight excluding hydrogens is 829 g/mol. The van der Waals surface area contributed by atoms with Gasteiger partial charge in [-0.25, -0.2) is 14.6 Å². The minimum absolute atomic E-state index is 0.0229. The van der Waals surface area contributed by atoms with Gasteiger partial charge in [-0.3, -0.25) is 43.8 Å². The number of amides is 6. The maximum Gasteiger partial charge on any atom is 0.277 e. The summed E-state index contributed by atoms with van der Waals surface area (Å²) >= 11 is 0. The van der Waals surface area contributed by atoms with Gasteiger partial charge in [-0.1, -0.05) is 6.07 Å². The number of anilines is 3. The molecule has 1 atom stereocenters. The Kier molecular flexibility index (Phi) is 12.9. The predicted octanol–water partition coefficient (Wildman–Crippen LogP) is 3.60. The third kappa shape index (κ3) is 9.87. The molecule has 64 heavy (non-hydrogen) atoms. The Morgan fingerprint density at radius 3 is 2.47 bits per heavy atom. The first-order chi connectivity index (χ1) is 31.0. The first kappa shape index (κ1) is 43.1. The summed E-state index contributed by atoms with van der Waals surface area (Å²) in [5.41, 5.74) is 7.86. The van der Waals surface area contributed by atoms with Gasteiger partial charge in [0.1, 0.15) is 18.1 Å². The van der Waals surface area contributed by atoms with Crippen LogP contribution in [-0.4, -0.2) is 111 Å². The highest BCUT2D eigenvalue weighted by atomic mass is 16.5. The number of fused-ring (bicyclic) bond motifs is 1. The normalized spacial score (nSPS) is 15.8. The van der Waals surface area contributed by atoms with Crippen LogP contribution >= 0.6 is 0 Å². The van der Waals surface area contributed by atoms with Gasteiger partial charge in [-0.05, 0) is 80.1 Å². The number of nitrogens with zero attached hydrogens (tertiary/aromatic N) is 5. The number of carbonyl (C=O) groups is 7. The van der Waals surface area contributed by atoms with Crippen LogP contribution in [0.25, 0.3) is 17.1 Å². The third-order valence-electron chi connectivity index (χ3n) is 10.8. The van der Waals surface area contributed by atoms with E-state index in [0.717, 1.165) is 11.4 Å². The quantitative estimate of drug-likeness (QED) is 0.0400. The molecule has 1 saturated heterocycles. The molecule has 5 aromatic rings. The number of hydrogen-bond acceptors (Lipinski definition) is 15. The van der Waals surface area contributed by atoms with Crippen molar-refractivity contribution >= 4 is 58.4 Å². The van der Waals surface area contributed by atoms with Crippen LogP contribution < -0.4 is 27.0 Å². The number of nitrogens with one attached hydrogen (secondary N) is 4. The number of benzene rings is 2. The number of ether oxygens (including phenoxy) is 2. The van der Waals surface area contributed by atoms with Crippen molar-refractivity contribution in [2.75, 3.05) is 55.5 Å². The Hall–Kier alpha value is -7.58. The number of carbonyl (C=O) groups excluding carboxylic acids is 7. The number of piperidine rings is 1. The van der Waals surface area contributed by atoms with Crippen molar-refractivity contribution in [2.45, 2.75) is 44.6 Å². The van der Waals surface area contributed by atoms with Crippen LogP contribution in [0.3, 0.4) is 0 Å². The molecule has 0 bridgehead atoms. The summed E-state index contributed by atoms with van der Waals surface area (Å²) in [6.07, 6.45) is 7.51. The second-order valence-corrected chi connectivity index (χ2v) is 15.3. The topological polar surface area (TPSA) is 272 Å². The molecule has 1 aliphatic carbocycles. The largest absolute Gasteiger partial charge is 0.444 e. The molecule has 2 aromatic carbocycles. The number of rotatable bonds is 21. The Balaban J connectivity index is 0.744. The van der Waals surface area contributed by atoms with Crippen molar-refractivity contribution in [3.63, 3.8) is 0 Å². The van der Waals surface area contributed by atoms with Crippen molar-refractivity contribution < 1.29 is 47.5 Å². The van der Waals surface area contributed by atoms with E-state index in [9.17, 15) is 33.6 Å². The summed E-state index contributed by atoms with van der Waals surface area (Å²) < 4.78 is 18.2. The highest BCUT2D eigenvalue weighted by Crippen LogP contribution is 2.33. The van der Waals surface area contributed by atoms with E-state index in [2.05, 4.69) is 36.3 Å². The van der Waals surface area contributed by atoms with Gasteiger partial charge in [0.05, 0.1) is 48.5 Å². The van der Waals surface area contributed by atoms with Crippen LogP contribution in [0.15, 0.2) is 77.7 Å². The molecule has 330 valence electrons. The van der Waals surface area contributed by atoms with Crippen molar-refractivity contribution in [1.82, 2.24) is 30.0 Å². The lowest BCUT2D eigenvalue weighted by Crippen LogP contribution is -2.54. The minimum atomic E-state index is -1.05. The fraction of sp³-hybridized carbons (Fsp3) is 0.318. The van der Waals surface area contributed by atoms with E-state index in [4.69, 9.17) is 19.6 Å². The molecule has 6 amide bonds. The standard InChI is InChI=1S/C44H44N10O10/c45-39(57)38-31(49-40(58)32-24-64-42(50-32)27-14-15-47-35(21-27)48-22-25-6-7-25)23-53(52-38)28-10-8-26(9-11-28)34(55)5-2-17-62-19-20-63-18-16-46-30-4-1-3-29-37(30)44(61)54(43(29)60)33-12-13-36(56)51-41(33)59/h1,3-4,8-11,14-15,21,23-25,33,46H,2,5-7,12-13,16-20,22H2,(H2,45,57)(H,47,48)(H,49,58)(H,51,56,59). The van der Waals surface area contributed by atoms with Gasteiger partial charge in [0.25, 0.3) is 23.6 Å². The summed E-state index contributed by atoms with van der Waals surface area (Å²) in [4.78, 5) is 98.1. The zero-order chi connectivity index (χ0) is 44.7. The Morgan fingerprint density at radius 2 is 1.70 bits per heavy atom. The number of oxazole rings is 1. The van der Waals surface area contributed by atoms with Crippen LogP contribution in [0.1, 0.15) is 90.6 Å². The van der Waals surface area contributed by atoms with Gasteiger partial charge in [0.2, 0.25) is 17.7 Å². The summed E-state index contributed by atoms with van der Waals surface area (Å²) in [6.45, 7) is 2.34. The summed E-state index contributed by atoms with van der Waals surface area (Å²) in [7, 11) is 0. The molecule has 3 aromatic heterocycles. The minimum Gasteiger partial charge on any atom is -0.444 e. The van der Waals surface area contributed by atoms with Crippen molar-refractivity contribution in [3.8, 4) is 17.1 Å². The number of ketones is 1. The number of nitrogens with two attached hydrogens (primary N) is 1. The number of imide groups is 2. The summed E-state index contributed by atoms with van der Waals surface area (Å²) in [5.74, 6) is -2.31. The van der Waals surface area contributed by atoms with E-state index >= 15 is 0 Å². The molecule has 20 heteroatoms. The Bertz CT molecular complexity index is 2620. The van der Waals surface area contributed by atoms with Gasteiger partial charge < -0.3 is 35.6 Å². The van der Waals surface area contributed by atoms with Crippen molar-refractivity contribution in [2.24, 2.45) is 11.7 Å². The molecule has 0 spiro atoms.